The third kappa shape index (κ3) is 5.57. The van der Waals surface area contributed by atoms with E-state index in [-0.39, 0.29) is 6.54 Å². The average Bonchev–Trinajstić information content (AvgIpc) is 2.78. The first-order valence-corrected chi connectivity index (χ1v) is 11.9. The highest BCUT2D eigenvalue weighted by Crippen LogP contribution is 2.31. The zero-order valence-electron chi connectivity index (χ0n) is 18.3. The van der Waals surface area contributed by atoms with Crippen molar-refractivity contribution in [2.24, 2.45) is 0 Å². The number of carbonyl (C=O) groups excluding carboxylic acids is 2. The molecule has 0 fully saturated rings. The van der Waals surface area contributed by atoms with Crippen molar-refractivity contribution in [2.75, 3.05) is 43.2 Å². The summed E-state index contributed by atoms with van der Waals surface area (Å²) >= 11 is 0. The second kappa shape index (κ2) is 10.0. The molecule has 10 heteroatoms. The van der Waals surface area contributed by atoms with Gasteiger partial charge in [-0.05, 0) is 48.2 Å². The fraction of sp³-hybridized carbons (Fsp3) is 0.364. The maximum atomic E-state index is 12.4. The average molecular weight is 462 g/mol. The predicted molar refractivity (Wildman–Crippen MR) is 121 cm³/mol. The zero-order valence-corrected chi connectivity index (χ0v) is 19.1. The summed E-state index contributed by atoms with van der Waals surface area (Å²) in [7, 11) is -0.366. The molecule has 1 atom stereocenters. The summed E-state index contributed by atoms with van der Waals surface area (Å²) in [6.45, 7) is 0.467. The van der Waals surface area contributed by atoms with Gasteiger partial charge in [0, 0.05) is 25.9 Å². The number of sulfonamides is 1. The molecule has 3 rings (SSSR count). The molecule has 1 heterocycles. The van der Waals surface area contributed by atoms with Crippen LogP contribution < -0.4 is 19.7 Å². The van der Waals surface area contributed by atoms with Crippen LogP contribution in [-0.4, -0.2) is 53.8 Å². The highest BCUT2D eigenvalue weighted by molar-refractivity contribution is 7.92. The van der Waals surface area contributed by atoms with Crippen molar-refractivity contribution in [1.29, 1.82) is 0 Å². The Kier molecular flexibility index (Phi) is 7.37. The number of hydrogen-bond donors (Lipinski definition) is 2. The van der Waals surface area contributed by atoms with Gasteiger partial charge in [0.05, 0.1) is 25.2 Å². The smallest absolute Gasteiger partial charge is 0.313 e. The van der Waals surface area contributed by atoms with Crippen LogP contribution in [0.1, 0.15) is 23.7 Å². The molecule has 0 bridgehead atoms. The lowest BCUT2D eigenvalue weighted by Gasteiger charge is -2.29. The van der Waals surface area contributed by atoms with Gasteiger partial charge >= 0.3 is 11.8 Å². The van der Waals surface area contributed by atoms with Gasteiger partial charge in [0.25, 0.3) is 0 Å². The summed E-state index contributed by atoms with van der Waals surface area (Å²) in [5.41, 5.74) is 2.54. The second-order valence-electron chi connectivity index (χ2n) is 7.45. The highest BCUT2D eigenvalue weighted by atomic mass is 32.2. The lowest BCUT2D eigenvalue weighted by Crippen LogP contribution is -2.38. The number of carbonyl (C=O) groups is 2. The number of benzene rings is 2. The van der Waals surface area contributed by atoms with Crippen LogP contribution in [0.5, 0.6) is 5.75 Å². The standard InChI is InChI=1S/C22H27N3O6S/c1-30-18-8-4-6-16(12-18)20(31-2)14-23-21(26)22(27)24-17-10-9-15-7-5-11-25(19(15)13-17)32(3,28)29/h4,6,8-10,12-13,20H,5,7,11,14H2,1-3H3,(H,23,26)(H,24,27). The molecule has 1 aliphatic rings. The summed E-state index contributed by atoms with van der Waals surface area (Å²) in [4.78, 5) is 24.7. The van der Waals surface area contributed by atoms with Crippen LogP contribution in [0.4, 0.5) is 11.4 Å². The van der Waals surface area contributed by atoms with Crippen molar-refractivity contribution in [3.63, 3.8) is 0 Å². The lowest BCUT2D eigenvalue weighted by atomic mass is 10.0. The molecular weight excluding hydrogens is 434 g/mol. The number of nitrogens with one attached hydrogen (secondary N) is 2. The zero-order chi connectivity index (χ0) is 23.3. The molecule has 2 N–H and O–H groups in total. The first kappa shape index (κ1) is 23.6. The largest absolute Gasteiger partial charge is 0.497 e. The first-order valence-electron chi connectivity index (χ1n) is 10.1. The molecule has 32 heavy (non-hydrogen) atoms. The molecule has 0 aromatic heterocycles. The van der Waals surface area contributed by atoms with Crippen molar-refractivity contribution >= 4 is 33.2 Å². The van der Waals surface area contributed by atoms with E-state index >= 15 is 0 Å². The van der Waals surface area contributed by atoms with Crippen LogP contribution in [0.25, 0.3) is 0 Å². The molecule has 0 saturated heterocycles. The first-order chi connectivity index (χ1) is 15.2. The minimum Gasteiger partial charge on any atom is -0.497 e. The van der Waals surface area contributed by atoms with E-state index in [1.54, 1.807) is 37.4 Å². The molecule has 0 radical (unpaired) electrons. The Hall–Kier alpha value is -3.11. The summed E-state index contributed by atoms with van der Waals surface area (Å²) in [6.07, 6.45) is 2.16. The number of ether oxygens (including phenoxy) is 2. The van der Waals surface area contributed by atoms with Crippen LogP contribution in [-0.2, 0) is 30.8 Å². The fourth-order valence-corrected chi connectivity index (χ4v) is 4.58. The number of aryl methyl sites for hydroxylation is 1. The number of amides is 2. The second-order valence-corrected chi connectivity index (χ2v) is 9.35. The maximum Gasteiger partial charge on any atom is 0.313 e. The number of fused-ring (bicyclic) bond motifs is 1. The third-order valence-corrected chi connectivity index (χ3v) is 6.40. The Balaban J connectivity index is 1.65. The topological polar surface area (TPSA) is 114 Å². The van der Waals surface area contributed by atoms with Gasteiger partial charge in [-0.25, -0.2) is 8.42 Å². The minimum absolute atomic E-state index is 0.0853. The van der Waals surface area contributed by atoms with Crippen LogP contribution in [0, 0.1) is 0 Å². The molecule has 1 aliphatic heterocycles. The number of nitrogens with zero attached hydrogens (tertiary/aromatic N) is 1. The Labute approximate surface area is 187 Å². The quantitative estimate of drug-likeness (QED) is 0.609. The van der Waals surface area contributed by atoms with Gasteiger partial charge in [0.1, 0.15) is 5.75 Å². The van der Waals surface area contributed by atoms with E-state index in [9.17, 15) is 18.0 Å². The van der Waals surface area contributed by atoms with Crippen molar-refractivity contribution in [1.82, 2.24) is 5.32 Å². The van der Waals surface area contributed by atoms with Gasteiger partial charge in [0.2, 0.25) is 10.0 Å². The molecule has 0 saturated carbocycles. The minimum atomic E-state index is -3.43. The Morgan fingerprint density at radius 2 is 1.91 bits per heavy atom. The SMILES string of the molecule is COc1cccc(C(CNC(=O)C(=O)Nc2ccc3c(c2)N(S(C)(=O)=O)CCC3)OC)c1. The van der Waals surface area contributed by atoms with Gasteiger partial charge < -0.3 is 20.1 Å². The number of hydrogen-bond acceptors (Lipinski definition) is 6. The molecule has 9 nitrogen and oxygen atoms in total. The molecule has 0 spiro atoms. The fourth-order valence-electron chi connectivity index (χ4n) is 3.60. The Morgan fingerprint density at radius 1 is 1.12 bits per heavy atom. The van der Waals surface area contributed by atoms with E-state index in [2.05, 4.69) is 10.6 Å². The molecular formula is C22H27N3O6S. The number of anilines is 2. The van der Waals surface area contributed by atoms with E-state index < -0.39 is 27.9 Å². The van der Waals surface area contributed by atoms with Crippen molar-refractivity contribution in [2.45, 2.75) is 18.9 Å². The summed E-state index contributed by atoms with van der Waals surface area (Å²) < 4.78 is 36.1. The Bertz CT molecular complexity index is 1100. The van der Waals surface area contributed by atoms with Gasteiger partial charge in [-0.3, -0.25) is 13.9 Å². The van der Waals surface area contributed by atoms with Crippen LogP contribution in [0.3, 0.4) is 0 Å². The third-order valence-electron chi connectivity index (χ3n) is 5.22. The molecule has 2 amide bonds. The van der Waals surface area contributed by atoms with E-state index in [1.165, 1.54) is 11.4 Å². The van der Waals surface area contributed by atoms with Crippen LogP contribution >= 0.6 is 0 Å². The van der Waals surface area contributed by atoms with Gasteiger partial charge in [-0.15, -0.1) is 0 Å². The van der Waals surface area contributed by atoms with Crippen molar-refractivity contribution in [3.8, 4) is 5.75 Å². The number of methoxy groups -OCH3 is 2. The monoisotopic (exact) mass is 461 g/mol. The van der Waals surface area contributed by atoms with E-state index in [4.69, 9.17) is 9.47 Å². The van der Waals surface area contributed by atoms with Crippen molar-refractivity contribution < 1.29 is 27.5 Å². The van der Waals surface area contributed by atoms with Gasteiger partial charge in [-0.2, -0.15) is 0 Å². The molecule has 2 aromatic carbocycles. The maximum absolute atomic E-state index is 12.4. The highest BCUT2D eigenvalue weighted by Gasteiger charge is 2.25. The normalized spacial score (nSPS) is 14.3. The van der Waals surface area contributed by atoms with E-state index in [0.29, 0.717) is 23.7 Å². The van der Waals surface area contributed by atoms with E-state index in [0.717, 1.165) is 30.2 Å². The molecule has 2 aromatic rings. The summed E-state index contributed by atoms with van der Waals surface area (Å²) in [5.74, 6) is -1.02. The summed E-state index contributed by atoms with van der Waals surface area (Å²) in [6, 6.07) is 12.2. The molecule has 1 unspecified atom stereocenters. The van der Waals surface area contributed by atoms with Gasteiger partial charge in [-0.1, -0.05) is 18.2 Å². The van der Waals surface area contributed by atoms with Crippen LogP contribution in [0.15, 0.2) is 42.5 Å². The molecule has 0 aliphatic carbocycles. The number of rotatable bonds is 7. The van der Waals surface area contributed by atoms with Gasteiger partial charge in [0.15, 0.2) is 0 Å². The van der Waals surface area contributed by atoms with Crippen molar-refractivity contribution in [3.05, 3.63) is 53.6 Å². The lowest BCUT2D eigenvalue weighted by molar-refractivity contribution is -0.136. The predicted octanol–water partition coefficient (Wildman–Crippen LogP) is 1.85. The van der Waals surface area contributed by atoms with Crippen LogP contribution in [0.2, 0.25) is 0 Å². The summed E-state index contributed by atoms with van der Waals surface area (Å²) in [5, 5.41) is 5.09. The van der Waals surface area contributed by atoms with E-state index in [1.807, 2.05) is 12.1 Å². The molecule has 172 valence electrons. The Morgan fingerprint density at radius 3 is 2.59 bits per heavy atom.